The largest absolute Gasteiger partial charge is 0.481 e. The average Bonchev–Trinajstić information content (AvgIpc) is 2.30. The third kappa shape index (κ3) is 5.89. The fraction of sp³-hybridized carbons (Fsp3) is 0.417. The molecule has 17 heavy (non-hydrogen) atoms. The van der Waals surface area contributed by atoms with Crippen molar-refractivity contribution < 1.29 is 14.1 Å². The summed E-state index contributed by atoms with van der Waals surface area (Å²) < 4.78 is 11.6. The van der Waals surface area contributed by atoms with Crippen molar-refractivity contribution in [3.8, 4) is 0 Å². The summed E-state index contributed by atoms with van der Waals surface area (Å²) in [6.07, 6.45) is 0. The van der Waals surface area contributed by atoms with Crippen LogP contribution < -0.4 is 0 Å². The average molecular weight is 272 g/mol. The molecule has 0 aromatic heterocycles. The van der Waals surface area contributed by atoms with E-state index < -0.39 is 22.7 Å². The first-order chi connectivity index (χ1) is 8.09. The highest BCUT2D eigenvalue weighted by Crippen LogP contribution is 2.16. The first-order valence-electron chi connectivity index (χ1n) is 5.35. The van der Waals surface area contributed by atoms with Gasteiger partial charge in [-0.2, -0.15) is 0 Å². The molecule has 0 aliphatic carbocycles. The molecular formula is C12H16O3S2. The van der Waals surface area contributed by atoms with E-state index in [4.69, 9.17) is 5.11 Å². The molecule has 94 valence electrons. The van der Waals surface area contributed by atoms with Crippen molar-refractivity contribution in [2.24, 2.45) is 5.92 Å². The van der Waals surface area contributed by atoms with Crippen molar-refractivity contribution in [3.05, 3.63) is 30.3 Å². The van der Waals surface area contributed by atoms with Gasteiger partial charge in [0.1, 0.15) is 0 Å². The van der Waals surface area contributed by atoms with Crippen LogP contribution in [0.3, 0.4) is 0 Å². The van der Waals surface area contributed by atoms with Gasteiger partial charge < -0.3 is 5.11 Å². The Labute approximate surface area is 108 Å². The highest BCUT2D eigenvalue weighted by atomic mass is 32.2. The van der Waals surface area contributed by atoms with Crippen LogP contribution in [0.1, 0.15) is 6.92 Å². The van der Waals surface area contributed by atoms with Gasteiger partial charge >= 0.3 is 5.97 Å². The summed E-state index contributed by atoms with van der Waals surface area (Å²) in [5, 5.41) is 8.69. The molecule has 3 nitrogen and oxygen atoms in total. The van der Waals surface area contributed by atoms with Crippen LogP contribution in [0.4, 0.5) is 0 Å². The highest BCUT2D eigenvalue weighted by molar-refractivity contribution is 8.00. The van der Waals surface area contributed by atoms with E-state index in [-0.39, 0.29) is 5.75 Å². The molecule has 0 heterocycles. The molecule has 0 fully saturated rings. The number of rotatable bonds is 7. The maximum Gasteiger partial charge on any atom is 0.307 e. The van der Waals surface area contributed by atoms with Crippen molar-refractivity contribution in [1.29, 1.82) is 0 Å². The molecular weight excluding hydrogens is 256 g/mol. The van der Waals surface area contributed by atoms with Crippen LogP contribution in [0.5, 0.6) is 0 Å². The molecule has 0 aliphatic heterocycles. The minimum absolute atomic E-state index is 0.241. The van der Waals surface area contributed by atoms with Gasteiger partial charge in [0.2, 0.25) is 0 Å². The second-order valence-electron chi connectivity index (χ2n) is 3.71. The smallest absolute Gasteiger partial charge is 0.307 e. The second-order valence-corrected chi connectivity index (χ2v) is 6.50. The summed E-state index contributed by atoms with van der Waals surface area (Å²) in [5.41, 5.74) is 0. The summed E-state index contributed by atoms with van der Waals surface area (Å²) in [4.78, 5) is 11.7. The van der Waals surface area contributed by atoms with Gasteiger partial charge in [-0.3, -0.25) is 9.00 Å². The molecule has 0 saturated heterocycles. The van der Waals surface area contributed by atoms with Crippen LogP contribution >= 0.6 is 11.8 Å². The van der Waals surface area contributed by atoms with Crippen molar-refractivity contribution in [2.75, 3.05) is 17.3 Å². The topological polar surface area (TPSA) is 54.4 Å². The third-order valence-corrected chi connectivity index (χ3v) is 4.98. The van der Waals surface area contributed by atoms with Crippen LogP contribution in [0.15, 0.2) is 35.2 Å². The molecule has 0 amide bonds. The lowest BCUT2D eigenvalue weighted by Crippen LogP contribution is -2.19. The summed E-state index contributed by atoms with van der Waals surface area (Å²) in [6.45, 7) is 1.59. The highest BCUT2D eigenvalue weighted by Gasteiger charge is 2.14. The van der Waals surface area contributed by atoms with Crippen LogP contribution in [0.25, 0.3) is 0 Å². The Hall–Kier alpha value is -0.810. The molecule has 0 aliphatic rings. The standard InChI is InChI=1S/C12H16O3S2/c1-10(12(13)14)9-17(15)8-7-16-11-5-3-2-4-6-11/h2-6,10H,7-9H2,1H3,(H,13,14). The fourth-order valence-electron chi connectivity index (χ4n) is 1.20. The SMILES string of the molecule is CC(CS(=O)CCSc1ccccc1)C(=O)O. The number of carbonyl (C=O) groups is 1. The Bertz CT molecular complexity index is 379. The van der Waals surface area contributed by atoms with Crippen molar-refractivity contribution >= 4 is 28.5 Å². The van der Waals surface area contributed by atoms with Gasteiger partial charge in [0, 0.05) is 33.0 Å². The molecule has 0 saturated carbocycles. The summed E-state index contributed by atoms with van der Waals surface area (Å²) >= 11 is 1.64. The van der Waals surface area contributed by atoms with Crippen LogP contribution in [-0.4, -0.2) is 32.5 Å². The third-order valence-electron chi connectivity index (χ3n) is 2.18. The van der Waals surface area contributed by atoms with Gasteiger partial charge in [0.25, 0.3) is 0 Å². The first kappa shape index (κ1) is 14.3. The van der Waals surface area contributed by atoms with E-state index in [0.29, 0.717) is 5.75 Å². The number of carboxylic acid groups (broad SMARTS) is 1. The van der Waals surface area contributed by atoms with E-state index >= 15 is 0 Å². The number of carboxylic acids is 1. The minimum Gasteiger partial charge on any atom is -0.481 e. The van der Waals surface area contributed by atoms with Gasteiger partial charge in [-0.15, -0.1) is 11.8 Å². The van der Waals surface area contributed by atoms with Crippen molar-refractivity contribution in [3.63, 3.8) is 0 Å². The molecule has 1 N–H and O–H groups in total. The fourth-order valence-corrected chi connectivity index (χ4v) is 3.73. The molecule has 1 aromatic rings. The second kappa shape index (κ2) is 7.50. The van der Waals surface area contributed by atoms with Crippen LogP contribution in [0.2, 0.25) is 0 Å². The molecule has 0 bridgehead atoms. The predicted octanol–water partition coefficient (Wildman–Crippen LogP) is 2.25. The maximum absolute atomic E-state index is 11.6. The molecule has 0 radical (unpaired) electrons. The van der Waals surface area contributed by atoms with Gasteiger partial charge in [-0.1, -0.05) is 25.1 Å². The predicted molar refractivity (Wildman–Crippen MR) is 71.8 cm³/mol. The van der Waals surface area contributed by atoms with Gasteiger partial charge in [0.15, 0.2) is 0 Å². The Morgan fingerprint density at radius 3 is 2.65 bits per heavy atom. The van der Waals surface area contributed by atoms with Gasteiger partial charge in [-0.05, 0) is 12.1 Å². The van der Waals surface area contributed by atoms with Crippen LogP contribution in [0, 0.1) is 5.92 Å². The van der Waals surface area contributed by atoms with E-state index in [2.05, 4.69) is 0 Å². The Morgan fingerprint density at radius 1 is 1.41 bits per heavy atom. The van der Waals surface area contributed by atoms with Gasteiger partial charge in [0.05, 0.1) is 5.92 Å². The van der Waals surface area contributed by atoms with E-state index in [1.165, 1.54) is 0 Å². The minimum atomic E-state index is -1.05. The molecule has 5 heteroatoms. The number of benzene rings is 1. The zero-order valence-electron chi connectivity index (χ0n) is 9.67. The normalized spacial score (nSPS) is 14.2. The number of aliphatic carboxylic acids is 1. The molecule has 1 aromatic carbocycles. The lowest BCUT2D eigenvalue weighted by Gasteiger charge is -2.06. The summed E-state index contributed by atoms with van der Waals surface area (Å²) in [7, 11) is -1.05. The lowest BCUT2D eigenvalue weighted by atomic mass is 10.2. The van der Waals surface area contributed by atoms with Crippen molar-refractivity contribution in [1.82, 2.24) is 0 Å². The molecule has 2 unspecified atom stereocenters. The van der Waals surface area contributed by atoms with E-state index in [1.807, 2.05) is 30.3 Å². The Kier molecular flexibility index (Phi) is 6.29. The molecule has 2 atom stereocenters. The number of thioether (sulfide) groups is 1. The first-order valence-corrected chi connectivity index (χ1v) is 7.82. The Morgan fingerprint density at radius 2 is 2.06 bits per heavy atom. The zero-order valence-corrected chi connectivity index (χ0v) is 11.3. The van der Waals surface area contributed by atoms with E-state index in [0.717, 1.165) is 10.6 Å². The lowest BCUT2D eigenvalue weighted by molar-refractivity contribution is -0.140. The molecule has 1 rings (SSSR count). The maximum atomic E-state index is 11.6. The Balaban J connectivity index is 2.23. The quantitative estimate of drug-likeness (QED) is 0.774. The zero-order chi connectivity index (χ0) is 12.7. The van der Waals surface area contributed by atoms with Crippen LogP contribution in [-0.2, 0) is 15.6 Å². The summed E-state index contributed by atoms with van der Waals surface area (Å²) in [5.74, 6) is 0.122. The van der Waals surface area contributed by atoms with Crippen molar-refractivity contribution in [2.45, 2.75) is 11.8 Å². The molecule has 0 spiro atoms. The summed E-state index contributed by atoms with van der Waals surface area (Å²) in [6, 6.07) is 9.90. The monoisotopic (exact) mass is 272 g/mol. The van der Waals surface area contributed by atoms with E-state index in [9.17, 15) is 9.00 Å². The number of hydrogen-bond acceptors (Lipinski definition) is 3. The number of hydrogen-bond donors (Lipinski definition) is 1. The van der Waals surface area contributed by atoms with E-state index in [1.54, 1.807) is 18.7 Å². The van der Waals surface area contributed by atoms with Gasteiger partial charge in [-0.25, -0.2) is 0 Å².